The van der Waals surface area contributed by atoms with Gasteiger partial charge in [0.15, 0.2) is 0 Å². The summed E-state index contributed by atoms with van der Waals surface area (Å²) >= 11 is 2.04. The quantitative estimate of drug-likeness (QED) is 0.745. The average molecular weight is 300 g/mol. The van der Waals surface area contributed by atoms with Gasteiger partial charge in [-0.1, -0.05) is 50.7 Å². The van der Waals surface area contributed by atoms with Crippen molar-refractivity contribution in [3.63, 3.8) is 0 Å². The molecule has 0 saturated carbocycles. The Labute approximate surface area is 92.5 Å². The fourth-order valence-electron chi connectivity index (χ4n) is 0.987. The summed E-state index contributed by atoms with van der Waals surface area (Å²) in [6.07, 6.45) is 4.45. The molecule has 0 aromatic heterocycles. The second-order valence-electron chi connectivity index (χ2n) is 2.53. The Kier molecular flexibility index (Phi) is 3.38. The Morgan fingerprint density at radius 3 is 2.62 bits per heavy atom. The van der Waals surface area contributed by atoms with E-state index in [1.165, 1.54) is 9.80 Å². The zero-order valence-electron chi connectivity index (χ0n) is 6.98. The van der Waals surface area contributed by atoms with Crippen molar-refractivity contribution in [3.8, 4) is 0 Å². The first-order chi connectivity index (χ1) is 6.45. The smallest absolute Gasteiger partial charge is 0.0131 e. The summed E-state index contributed by atoms with van der Waals surface area (Å²) in [4.78, 5) is 2.66. The Morgan fingerprint density at radius 2 is 1.92 bits per heavy atom. The molecule has 0 atom stereocenters. The molecular weight excluding hydrogens is 291 g/mol. The first-order valence-corrected chi connectivity index (χ1v) is 7.31. The van der Waals surface area contributed by atoms with Gasteiger partial charge in [0.1, 0.15) is 0 Å². The zero-order chi connectivity index (χ0) is 8.93. The summed E-state index contributed by atoms with van der Waals surface area (Å²) in [5, 5.41) is 0. The van der Waals surface area contributed by atoms with Crippen LogP contribution >= 0.6 is 32.5 Å². The maximum absolute atomic E-state index is 2.30. The third-order valence-electron chi connectivity index (χ3n) is 1.58. The minimum absolute atomic E-state index is 0.216. The molecule has 0 N–H and O–H groups in total. The number of thioether (sulfide) groups is 1. The van der Waals surface area contributed by atoms with Crippen LogP contribution in [0, 0.1) is 0 Å². The molecule has 1 heterocycles. The predicted molar refractivity (Wildman–Crippen MR) is 69.6 cm³/mol. The highest BCUT2D eigenvalue weighted by Crippen LogP contribution is 2.28. The van der Waals surface area contributed by atoms with Crippen molar-refractivity contribution in [2.24, 2.45) is 0 Å². The van der Waals surface area contributed by atoms with E-state index in [0.717, 1.165) is 0 Å². The van der Waals surface area contributed by atoms with Gasteiger partial charge >= 0.3 is 0 Å². The zero-order valence-corrected chi connectivity index (χ0v) is 9.96. The highest BCUT2D eigenvalue weighted by Gasteiger charge is 1.96. The highest BCUT2D eigenvalue weighted by molar-refractivity contribution is 14.2. The third kappa shape index (κ3) is 2.81. The lowest BCUT2D eigenvalue weighted by Crippen LogP contribution is -1.75. The van der Waals surface area contributed by atoms with E-state index in [1.807, 2.05) is 17.8 Å². The van der Waals surface area contributed by atoms with Crippen LogP contribution in [0.1, 0.15) is 0 Å². The van der Waals surface area contributed by atoms with Crippen LogP contribution in [0.25, 0.3) is 0 Å². The van der Waals surface area contributed by atoms with Gasteiger partial charge in [-0.2, -0.15) is 0 Å². The standard InChI is InChI=1S/C11H9IS/c1-2-4-10(5-3-1)13-11-6-8-12-9-7-11/h1-9H. The minimum atomic E-state index is 0.216. The molecule has 0 radical (unpaired) electrons. The lowest BCUT2D eigenvalue weighted by atomic mass is 10.4. The Morgan fingerprint density at radius 1 is 1.08 bits per heavy atom. The van der Waals surface area contributed by atoms with E-state index >= 15 is 0 Å². The van der Waals surface area contributed by atoms with Gasteiger partial charge in [-0.25, -0.2) is 0 Å². The molecule has 13 heavy (non-hydrogen) atoms. The molecule has 1 aliphatic rings. The summed E-state index contributed by atoms with van der Waals surface area (Å²) in [5.41, 5.74) is 0. The summed E-state index contributed by atoms with van der Waals surface area (Å²) in [7, 11) is 0. The molecule has 66 valence electrons. The summed E-state index contributed by atoms with van der Waals surface area (Å²) in [5.74, 6) is 0. The van der Waals surface area contributed by atoms with Crippen LogP contribution in [0.15, 0.2) is 56.4 Å². The van der Waals surface area contributed by atoms with Gasteiger partial charge in [-0.15, -0.1) is 0 Å². The normalized spacial score (nSPS) is 14.9. The van der Waals surface area contributed by atoms with Crippen molar-refractivity contribution >= 4 is 36.5 Å². The molecule has 0 unspecified atom stereocenters. The number of rotatable bonds is 2. The van der Waals surface area contributed by atoms with E-state index in [2.05, 4.69) is 44.5 Å². The molecule has 1 aromatic carbocycles. The van der Waals surface area contributed by atoms with E-state index in [4.69, 9.17) is 0 Å². The number of allylic oxidation sites excluding steroid dienone is 2. The molecule has 0 nitrogen and oxygen atoms in total. The summed E-state index contributed by atoms with van der Waals surface area (Å²) < 4.78 is 4.59. The average Bonchev–Trinajstić information content (AvgIpc) is 2.21. The number of benzene rings is 1. The topological polar surface area (TPSA) is 0 Å². The molecule has 0 saturated heterocycles. The molecule has 2 heteroatoms. The number of hydrogen-bond donors (Lipinski definition) is 0. The van der Waals surface area contributed by atoms with Gasteiger partial charge in [0.25, 0.3) is 0 Å². The van der Waals surface area contributed by atoms with Crippen molar-refractivity contribution in [2.75, 3.05) is 0 Å². The SMILES string of the molecule is C1=CC(Sc2ccccc2)=CC=I1. The summed E-state index contributed by atoms with van der Waals surface area (Å²) in [6.45, 7) is 0. The monoisotopic (exact) mass is 300 g/mol. The second kappa shape index (κ2) is 4.77. The van der Waals surface area contributed by atoms with Gasteiger partial charge in [0.2, 0.25) is 0 Å². The predicted octanol–water partition coefficient (Wildman–Crippen LogP) is 3.96. The fourth-order valence-corrected chi connectivity index (χ4v) is 3.74. The molecule has 1 aromatic rings. The fraction of sp³-hybridized carbons (Fsp3) is 0. The van der Waals surface area contributed by atoms with Crippen LogP contribution < -0.4 is 0 Å². The maximum atomic E-state index is 2.30. The van der Waals surface area contributed by atoms with Gasteiger partial charge in [-0.05, 0) is 32.4 Å². The van der Waals surface area contributed by atoms with Crippen molar-refractivity contribution in [1.82, 2.24) is 0 Å². The minimum Gasteiger partial charge on any atom is -0.0937 e. The van der Waals surface area contributed by atoms with E-state index in [-0.39, 0.29) is 20.7 Å². The highest BCUT2D eigenvalue weighted by atomic mass is 127. The van der Waals surface area contributed by atoms with Crippen LogP contribution in [0.5, 0.6) is 0 Å². The van der Waals surface area contributed by atoms with Gasteiger partial charge < -0.3 is 0 Å². The maximum Gasteiger partial charge on any atom is 0.0131 e. The molecule has 2 rings (SSSR count). The van der Waals surface area contributed by atoms with E-state index in [9.17, 15) is 0 Å². The van der Waals surface area contributed by atoms with Crippen molar-refractivity contribution in [1.29, 1.82) is 0 Å². The van der Waals surface area contributed by atoms with E-state index in [1.54, 1.807) is 0 Å². The molecule has 0 spiro atoms. The van der Waals surface area contributed by atoms with Gasteiger partial charge in [-0.3, -0.25) is 0 Å². The third-order valence-corrected chi connectivity index (χ3v) is 4.14. The number of halogens is 1. The lowest BCUT2D eigenvalue weighted by Gasteiger charge is -2.02. The van der Waals surface area contributed by atoms with Gasteiger partial charge in [0.05, 0.1) is 0 Å². The van der Waals surface area contributed by atoms with E-state index in [0.29, 0.717) is 0 Å². The van der Waals surface area contributed by atoms with Crippen LogP contribution in [0.3, 0.4) is 0 Å². The largest absolute Gasteiger partial charge is 0.0937 e. The Hall–Kier alpha value is -0.350. The molecule has 0 bridgehead atoms. The van der Waals surface area contributed by atoms with Gasteiger partial charge in [0, 0.05) is 9.80 Å². The molecule has 0 aliphatic carbocycles. The second-order valence-corrected chi connectivity index (χ2v) is 5.83. The van der Waals surface area contributed by atoms with Crippen molar-refractivity contribution < 1.29 is 0 Å². The van der Waals surface area contributed by atoms with Crippen LogP contribution in [-0.4, -0.2) is 4.01 Å². The molecule has 0 fully saturated rings. The molecule has 0 amide bonds. The van der Waals surface area contributed by atoms with Crippen molar-refractivity contribution in [3.05, 3.63) is 51.5 Å². The van der Waals surface area contributed by atoms with E-state index < -0.39 is 0 Å². The molecular formula is C11H9IS. The van der Waals surface area contributed by atoms with Crippen LogP contribution in [-0.2, 0) is 0 Å². The first-order valence-electron chi connectivity index (χ1n) is 4.00. The lowest BCUT2D eigenvalue weighted by molar-refractivity contribution is 1.47. The van der Waals surface area contributed by atoms with Crippen LogP contribution in [0.4, 0.5) is 0 Å². The molecule has 1 aliphatic heterocycles. The summed E-state index contributed by atoms with van der Waals surface area (Å²) in [6, 6.07) is 10.5. The Balaban J connectivity index is 2.11. The van der Waals surface area contributed by atoms with Crippen LogP contribution in [0.2, 0.25) is 0 Å². The number of hydrogen-bond acceptors (Lipinski definition) is 1. The Bertz CT molecular complexity index is 363. The first kappa shape index (κ1) is 9.21. The van der Waals surface area contributed by atoms with Crippen molar-refractivity contribution in [2.45, 2.75) is 4.90 Å².